The summed E-state index contributed by atoms with van der Waals surface area (Å²) in [5, 5.41) is 44.4. The third-order valence-corrected chi connectivity index (χ3v) is 11.8. The topological polar surface area (TPSA) is 318 Å². The van der Waals surface area contributed by atoms with Crippen LogP contribution in [0.5, 0.6) is 0 Å². The average Bonchev–Trinajstić information content (AvgIpc) is 2.87. The quantitative estimate of drug-likeness (QED) is 0.0395. The molecule has 0 radical (unpaired) electrons. The van der Waals surface area contributed by atoms with Crippen LogP contribution in [-0.2, 0) is 38.4 Å². The molecule has 40 heavy (non-hydrogen) atoms. The maximum absolute atomic E-state index is 12.4. The summed E-state index contributed by atoms with van der Waals surface area (Å²) in [5.74, 6) is -8.24. The predicted molar refractivity (Wildman–Crippen MR) is 136 cm³/mol. The Morgan fingerprint density at radius 1 is 0.600 bits per heavy atom. The Balaban J connectivity index is 5.18. The number of carboxylic acids is 4. The van der Waals surface area contributed by atoms with E-state index in [9.17, 15) is 38.4 Å². The molecular weight excluding hydrogens is 674 g/mol. The molecule has 0 rings (SSSR count). The summed E-state index contributed by atoms with van der Waals surface area (Å²) in [6, 6.07) is -4.92. The van der Waals surface area contributed by atoms with Gasteiger partial charge in [0.25, 0.3) is 0 Å². The van der Waals surface area contributed by atoms with Gasteiger partial charge in [-0.1, -0.05) is 0 Å². The van der Waals surface area contributed by atoms with Crippen molar-refractivity contribution in [1.82, 2.24) is 21.3 Å². The molecule has 12 N–H and O–H groups in total. The monoisotopic (exact) mass is 708 g/mol. The van der Waals surface area contributed by atoms with Gasteiger partial charge in [-0.3, -0.25) is 0 Å². The van der Waals surface area contributed by atoms with Crippen LogP contribution >= 0.6 is 0 Å². The molecule has 18 nitrogen and oxygen atoms in total. The second kappa shape index (κ2) is 19.7. The fourth-order valence-corrected chi connectivity index (χ4v) is 9.55. The van der Waals surface area contributed by atoms with Gasteiger partial charge in [0.15, 0.2) is 0 Å². The minimum absolute atomic E-state index is 0.0556. The Hall–Kier alpha value is -3.28. The van der Waals surface area contributed by atoms with Gasteiger partial charge in [0, 0.05) is 0 Å². The standard InChI is InChI=1S/C20H32N6O12Se2/c21-9(19(35)36)1-3-13(27)25-11(17(33)23-5-15(29)30)7-39-40-8-12(18(34)24-6-16(31)32)26-14(28)4-2-10(22)20(37)38/h9-12H,1-8,21-22H2,(H,23,33)(H,24,34)(H,25,27)(H,26,28)(H,29,30)(H,31,32)(H,35,36)(H,37,38). The first-order chi connectivity index (χ1) is 18.6. The van der Waals surface area contributed by atoms with Crippen molar-refractivity contribution in [3.63, 3.8) is 0 Å². The van der Waals surface area contributed by atoms with Crippen LogP contribution < -0.4 is 32.7 Å². The zero-order chi connectivity index (χ0) is 30.8. The van der Waals surface area contributed by atoms with Crippen LogP contribution in [0.2, 0.25) is 10.6 Å². The predicted octanol–water partition coefficient (Wildman–Crippen LogP) is -5.10. The van der Waals surface area contributed by atoms with E-state index in [2.05, 4.69) is 21.3 Å². The molecule has 0 fully saturated rings. The first-order valence-electron chi connectivity index (χ1n) is 11.4. The zero-order valence-corrected chi connectivity index (χ0v) is 24.4. The van der Waals surface area contributed by atoms with Gasteiger partial charge in [-0.15, -0.1) is 0 Å². The molecule has 0 aliphatic heterocycles. The molecule has 4 unspecified atom stereocenters. The second-order valence-corrected chi connectivity index (χ2v) is 15.5. The number of hydrogen-bond acceptors (Lipinski definition) is 10. The third-order valence-electron chi connectivity index (χ3n) is 4.68. The zero-order valence-electron chi connectivity index (χ0n) is 21.0. The summed E-state index contributed by atoms with van der Waals surface area (Å²) in [5.41, 5.74) is 10.7. The van der Waals surface area contributed by atoms with Gasteiger partial charge in [0.2, 0.25) is 0 Å². The number of aliphatic carboxylic acids is 4. The van der Waals surface area contributed by atoms with E-state index in [0.717, 1.165) is 0 Å². The molecule has 0 saturated heterocycles. The molecule has 20 heteroatoms. The molecule has 4 atom stereocenters. The summed E-state index contributed by atoms with van der Waals surface area (Å²) >= 11 is -0.824. The number of carbonyl (C=O) groups excluding carboxylic acids is 4. The third kappa shape index (κ3) is 17.3. The van der Waals surface area contributed by atoms with Crippen molar-refractivity contribution >= 4 is 73.8 Å². The molecule has 226 valence electrons. The molecule has 0 aromatic carbocycles. The van der Waals surface area contributed by atoms with Gasteiger partial charge < -0.3 is 0 Å². The van der Waals surface area contributed by atoms with Crippen LogP contribution in [0.3, 0.4) is 0 Å². The number of hydrogen-bond donors (Lipinski definition) is 10. The van der Waals surface area contributed by atoms with Crippen molar-refractivity contribution in [3.8, 4) is 0 Å². The van der Waals surface area contributed by atoms with Crippen molar-refractivity contribution in [2.24, 2.45) is 11.5 Å². The van der Waals surface area contributed by atoms with E-state index in [1.165, 1.54) is 0 Å². The van der Waals surface area contributed by atoms with Crippen LogP contribution in [0.25, 0.3) is 0 Å². The van der Waals surface area contributed by atoms with Crippen molar-refractivity contribution in [2.45, 2.75) is 60.5 Å². The number of nitrogens with two attached hydrogens (primary N) is 2. The van der Waals surface area contributed by atoms with Gasteiger partial charge in [0.1, 0.15) is 0 Å². The van der Waals surface area contributed by atoms with E-state index in [1.54, 1.807) is 0 Å². The van der Waals surface area contributed by atoms with Gasteiger partial charge in [0.05, 0.1) is 0 Å². The first kappa shape index (κ1) is 36.7. The van der Waals surface area contributed by atoms with Gasteiger partial charge in [-0.05, 0) is 0 Å². The number of carboxylic acid groups (broad SMARTS) is 4. The van der Waals surface area contributed by atoms with Crippen LogP contribution in [0.1, 0.15) is 25.7 Å². The molecular formula is C20H32N6O12Se2. The van der Waals surface area contributed by atoms with Crippen LogP contribution in [-0.4, -0.2) is 131 Å². The Labute approximate surface area is 238 Å². The molecule has 0 aromatic rings. The molecule has 4 amide bonds. The molecule has 0 heterocycles. The molecule has 0 saturated carbocycles. The van der Waals surface area contributed by atoms with Gasteiger partial charge in [-0.2, -0.15) is 0 Å². The molecule has 0 bridgehead atoms. The van der Waals surface area contributed by atoms with Crippen LogP contribution in [0.15, 0.2) is 0 Å². The Morgan fingerprint density at radius 3 is 1.20 bits per heavy atom. The fourth-order valence-electron chi connectivity index (χ4n) is 2.52. The second-order valence-electron chi connectivity index (χ2n) is 8.00. The molecule has 0 aliphatic rings. The fraction of sp³-hybridized carbons (Fsp3) is 0.600. The molecule has 0 aliphatic carbocycles. The van der Waals surface area contributed by atoms with Crippen molar-refractivity contribution < 1.29 is 58.8 Å². The van der Waals surface area contributed by atoms with E-state index in [4.69, 9.17) is 31.9 Å². The van der Waals surface area contributed by atoms with E-state index in [0.29, 0.717) is 0 Å². The Morgan fingerprint density at radius 2 is 0.925 bits per heavy atom. The van der Waals surface area contributed by atoms with Gasteiger partial charge >= 0.3 is 239 Å². The first-order valence-corrected chi connectivity index (χ1v) is 18.2. The number of carbonyl (C=O) groups is 8. The summed E-state index contributed by atoms with van der Waals surface area (Å²) in [7, 11) is 0. The summed E-state index contributed by atoms with van der Waals surface area (Å²) in [4.78, 5) is 92.5. The van der Waals surface area contributed by atoms with E-state index in [-0.39, 0.29) is 36.3 Å². The van der Waals surface area contributed by atoms with Crippen molar-refractivity contribution in [1.29, 1.82) is 0 Å². The minimum atomic E-state index is -1.32. The number of amides is 4. The Bertz CT molecular complexity index is 879. The average molecular weight is 706 g/mol. The SMILES string of the molecule is NC(CCC(=O)NC(C[Se][Se]CC(NC(=O)CCC(N)C(=O)O)C(=O)NCC(=O)O)C(=O)NCC(=O)O)C(=O)O. The number of nitrogens with one attached hydrogen (secondary N) is 4. The Kier molecular flexibility index (Phi) is 18.1. The van der Waals surface area contributed by atoms with Crippen molar-refractivity contribution in [2.75, 3.05) is 13.1 Å². The van der Waals surface area contributed by atoms with Crippen LogP contribution in [0.4, 0.5) is 0 Å². The van der Waals surface area contributed by atoms with Crippen LogP contribution in [0, 0.1) is 0 Å². The number of rotatable bonds is 21. The van der Waals surface area contributed by atoms with E-state index < -0.39 is 111 Å². The molecule has 0 spiro atoms. The van der Waals surface area contributed by atoms with E-state index in [1.807, 2.05) is 0 Å². The molecule has 0 aromatic heterocycles. The maximum atomic E-state index is 12.4. The normalized spacial score (nSPS) is 13.6. The summed E-state index contributed by atoms with van der Waals surface area (Å²) in [6.45, 7) is -1.42. The summed E-state index contributed by atoms with van der Waals surface area (Å²) < 4.78 is 0. The summed E-state index contributed by atoms with van der Waals surface area (Å²) in [6.07, 6.45) is -1.02. The van der Waals surface area contributed by atoms with E-state index >= 15 is 0 Å². The van der Waals surface area contributed by atoms with Crippen molar-refractivity contribution in [3.05, 3.63) is 0 Å². The van der Waals surface area contributed by atoms with Gasteiger partial charge in [-0.25, -0.2) is 0 Å².